The van der Waals surface area contributed by atoms with E-state index in [1.165, 1.54) is 0 Å². The summed E-state index contributed by atoms with van der Waals surface area (Å²) in [7, 11) is 0. The Kier molecular flexibility index (Phi) is 6.31. The fourth-order valence-electron chi connectivity index (χ4n) is 1.85. The van der Waals surface area contributed by atoms with E-state index >= 15 is 0 Å². The van der Waals surface area contributed by atoms with Crippen molar-refractivity contribution in [2.24, 2.45) is 5.73 Å². The molecule has 1 atom stereocenters. The van der Waals surface area contributed by atoms with Crippen LogP contribution in [0.5, 0.6) is 0 Å². The number of carbonyl (C=O) groups excluding carboxylic acids is 1. The van der Waals surface area contributed by atoms with Gasteiger partial charge in [0.05, 0.1) is 0 Å². The maximum atomic E-state index is 11.7. The maximum Gasteiger partial charge on any atom is 0.222 e. The normalized spacial score (nSPS) is 12.3. The Morgan fingerprint density at radius 1 is 1.37 bits per heavy atom. The SMILES string of the molecule is Cc1cc(Br)cc(NC(CN)CC(=O)NC(C)C)c1. The zero-order chi connectivity index (χ0) is 14.4. The molecule has 0 aliphatic rings. The van der Waals surface area contributed by atoms with Crippen LogP contribution in [0.15, 0.2) is 22.7 Å². The highest BCUT2D eigenvalue weighted by Gasteiger charge is 2.13. The van der Waals surface area contributed by atoms with E-state index < -0.39 is 0 Å². The second-order valence-corrected chi connectivity index (χ2v) is 5.94. The number of nitrogens with two attached hydrogens (primary N) is 1. The minimum Gasteiger partial charge on any atom is -0.380 e. The van der Waals surface area contributed by atoms with Gasteiger partial charge in [0.15, 0.2) is 0 Å². The number of benzene rings is 1. The van der Waals surface area contributed by atoms with Crippen LogP contribution in [0.4, 0.5) is 5.69 Å². The molecule has 0 saturated heterocycles. The topological polar surface area (TPSA) is 67.1 Å². The fraction of sp³-hybridized carbons (Fsp3) is 0.500. The molecule has 1 aromatic carbocycles. The van der Waals surface area contributed by atoms with E-state index in [4.69, 9.17) is 5.73 Å². The lowest BCUT2D eigenvalue weighted by molar-refractivity contribution is -0.121. The number of anilines is 1. The van der Waals surface area contributed by atoms with Crippen LogP contribution in [0.1, 0.15) is 25.8 Å². The highest BCUT2D eigenvalue weighted by atomic mass is 79.9. The first kappa shape index (κ1) is 16.0. The molecular formula is C14H22BrN3O. The second-order valence-electron chi connectivity index (χ2n) is 5.02. The molecule has 4 N–H and O–H groups in total. The van der Waals surface area contributed by atoms with Crippen LogP contribution < -0.4 is 16.4 Å². The lowest BCUT2D eigenvalue weighted by Gasteiger charge is -2.19. The van der Waals surface area contributed by atoms with Gasteiger partial charge in [-0.25, -0.2) is 0 Å². The van der Waals surface area contributed by atoms with Gasteiger partial charge in [0.1, 0.15) is 0 Å². The summed E-state index contributed by atoms with van der Waals surface area (Å²) in [5.74, 6) is 0.0182. The molecular weight excluding hydrogens is 306 g/mol. The van der Waals surface area contributed by atoms with Gasteiger partial charge in [-0.15, -0.1) is 0 Å². The van der Waals surface area contributed by atoms with E-state index in [9.17, 15) is 4.79 Å². The number of amides is 1. The van der Waals surface area contributed by atoms with Gasteiger partial charge >= 0.3 is 0 Å². The second kappa shape index (κ2) is 7.50. The van der Waals surface area contributed by atoms with Gasteiger partial charge in [0.25, 0.3) is 0 Å². The van der Waals surface area contributed by atoms with E-state index in [1.807, 2.05) is 39.0 Å². The molecule has 1 aromatic rings. The summed E-state index contributed by atoms with van der Waals surface area (Å²) in [5, 5.41) is 6.17. The zero-order valence-electron chi connectivity index (χ0n) is 11.7. The molecule has 1 amide bonds. The molecule has 1 unspecified atom stereocenters. The molecule has 1 rings (SSSR count). The summed E-state index contributed by atoms with van der Waals surface area (Å²) in [5.41, 5.74) is 7.85. The summed E-state index contributed by atoms with van der Waals surface area (Å²) in [6, 6.07) is 6.14. The molecule has 0 bridgehead atoms. The third kappa shape index (κ3) is 6.07. The maximum absolute atomic E-state index is 11.7. The van der Waals surface area contributed by atoms with E-state index in [0.717, 1.165) is 15.7 Å². The molecule has 0 heterocycles. The first-order valence-corrected chi connectivity index (χ1v) is 7.23. The highest BCUT2D eigenvalue weighted by molar-refractivity contribution is 9.10. The van der Waals surface area contributed by atoms with E-state index in [1.54, 1.807) is 0 Å². The first-order valence-electron chi connectivity index (χ1n) is 6.44. The number of rotatable bonds is 6. The van der Waals surface area contributed by atoms with Crippen molar-refractivity contribution in [1.29, 1.82) is 0 Å². The predicted molar refractivity (Wildman–Crippen MR) is 83.2 cm³/mol. The summed E-state index contributed by atoms with van der Waals surface area (Å²) >= 11 is 3.46. The Morgan fingerprint density at radius 2 is 2.05 bits per heavy atom. The molecule has 0 fully saturated rings. The molecule has 4 nitrogen and oxygen atoms in total. The van der Waals surface area contributed by atoms with Gasteiger partial charge in [-0.3, -0.25) is 4.79 Å². The first-order chi connectivity index (χ1) is 8.90. The quantitative estimate of drug-likeness (QED) is 0.751. The minimum absolute atomic E-state index is 0.0182. The van der Waals surface area contributed by atoms with Gasteiger partial charge in [-0.2, -0.15) is 0 Å². The average molecular weight is 328 g/mol. The van der Waals surface area contributed by atoms with E-state index in [0.29, 0.717) is 13.0 Å². The Hall–Kier alpha value is -1.07. The standard InChI is InChI=1S/C14H22BrN3O/c1-9(2)17-14(19)7-13(8-16)18-12-5-10(3)4-11(15)6-12/h4-6,9,13,18H,7-8,16H2,1-3H3,(H,17,19). The van der Waals surface area contributed by atoms with Crippen molar-refractivity contribution in [2.45, 2.75) is 39.3 Å². The lowest BCUT2D eigenvalue weighted by Crippen LogP contribution is -2.38. The van der Waals surface area contributed by atoms with Crippen molar-refractivity contribution in [3.63, 3.8) is 0 Å². The van der Waals surface area contributed by atoms with Crippen LogP contribution in [0, 0.1) is 6.92 Å². The molecule has 5 heteroatoms. The van der Waals surface area contributed by atoms with Crippen LogP contribution in [0.2, 0.25) is 0 Å². The fourth-order valence-corrected chi connectivity index (χ4v) is 2.46. The van der Waals surface area contributed by atoms with Gasteiger partial charge in [0.2, 0.25) is 5.91 Å². The number of hydrogen-bond donors (Lipinski definition) is 3. The van der Waals surface area contributed by atoms with Crippen molar-refractivity contribution in [3.05, 3.63) is 28.2 Å². The largest absolute Gasteiger partial charge is 0.380 e. The van der Waals surface area contributed by atoms with Crippen molar-refractivity contribution in [1.82, 2.24) is 5.32 Å². The van der Waals surface area contributed by atoms with Crippen molar-refractivity contribution in [2.75, 3.05) is 11.9 Å². The van der Waals surface area contributed by atoms with E-state index in [-0.39, 0.29) is 18.0 Å². The highest BCUT2D eigenvalue weighted by Crippen LogP contribution is 2.20. The number of nitrogens with one attached hydrogen (secondary N) is 2. The predicted octanol–water partition coefficient (Wildman–Crippen LogP) is 2.41. The Labute approximate surface area is 123 Å². The summed E-state index contributed by atoms with van der Waals surface area (Å²) in [4.78, 5) is 11.7. The summed E-state index contributed by atoms with van der Waals surface area (Å²) < 4.78 is 1.01. The Morgan fingerprint density at radius 3 is 2.58 bits per heavy atom. The van der Waals surface area contributed by atoms with Gasteiger partial charge in [-0.05, 0) is 44.5 Å². The van der Waals surface area contributed by atoms with Crippen LogP contribution >= 0.6 is 15.9 Å². The smallest absolute Gasteiger partial charge is 0.222 e. The van der Waals surface area contributed by atoms with Crippen molar-refractivity contribution in [3.8, 4) is 0 Å². The van der Waals surface area contributed by atoms with Crippen molar-refractivity contribution < 1.29 is 4.79 Å². The minimum atomic E-state index is -0.0625. The van der Waals surface area contributed by atoms with Crippen LogP contribution in [-0.4, -0.2) is 24.5 Å². The van der Waals surface area contributed by atoms with Crippen molar-refractivity contribution >= 4 is 27.5 Å². The third-order valence-electron chi connectivity index (χ3n) is 2.58. The molecule has 106 valence electrons. The Bertz CT molecular complexity index is 414. The number of aryl methyl sites for hydroxylation is 1. The van der Waals surface area contributed by atoms with Gasteiger partial charge in [-0.1, -0.05) is 15.9 Å². The lowest BCUT2D eigenvalue weighted by atomic mass is 10.1. The van der Waals surface area contributed by atoms with Gasteiger partial charge in [0, 0.05) is 35.2 Å². The number of halogens is 1. The van der Waals surface area contributed by atoms with Gasteiger partial charge < -0.3 is 16.4 Å². The molecule has 0 aromatic heterocycles. The monoisotopic (exact) mass is 327 g/mol. The summed E-state index contributed by atoms with van der Waals surface area (Å²) in [6.07, 6.45) is 0.375. The van der Waals surface area contributed by atoms with Crippen LogP contribution in [0.3, 0.4) is 0 Å². The molecule has 0 aliphatic carbocycles. The molecule has 0 aliphatic heterocycles. The third-order valence-corrected chi connectivity index (χ3v) is 3.04. The van der Waals surface area contributed by atoms with E-state index in [2.05, 4.69) is 26.6 Å². The molecule has 19 heavy (non-hydrogen) atoms. The average Bonchev–Trinajstić information content (AvgIpc) is 2.25. The number of carbonyl (C=O) groups is 1. The Balaban J connectivity index is 2.63. The van der Waals surface area contributed by atoms with Crippen LogP contribution in [0.25, 0.3) is 0 Å². The number of hydrogen-bond acceptors (Lipinski definition) is 3. The molecule has 0 saturated carbocycles. The summed E-state index contributed by atoms with van der Waals surface area (Å²) in [6.45, 7) is 6.33. The van der Waals surface area contributed by atoms with Crippen LogP contribution in [-0.2, 0) is 4.79 Å². The molecule has 0 radical (unpaired) electrons. The molecule has 0 spiro atoms. The zero-order valence-corrected chi connectivity index (χ0v) is 13.3.